The van der Waals surface area contributed by atoms with Crippen molar-refractivity contribution in [3.05, 3.63) is 45.9 Å². The number of hydrogen-bond acceptors (Lipinski definition) is 5. The number of rotatable bonds is 6. The van der Waals surface area contributed by atoms with Gasteiger partial charge in [0, 0.05) is 44.6 Å². The zero-order chi connectivity index (χ0) is 19.1. The monoisotopic (exact) mass is 515 g/mol. The molecular weight excluding hydrogens is 485 g/mol. The summed E-state index contributed by atoms with van der Waals surface area (Å²) >= 11 is 1.75. The molecule has 1 aromatic carbocycles. The number of hydrogen-bond donors (Lipinski definition) is 1. The molecule has 154 valence electrons. The predicted octanol–water partition coefficient (Wildman–Crippen LogP) is 3.15. The number of piperazine rings is 1. The summed E-state index contributed by atoms with van der Waals surface area (Å²) in [7, 11) is 1.85. The van der Waals surface area contributed by atoms with E-state index >= 15 is 0 Å². The standard InChI is InChI=1S/C20H29N5OS.HI/c1-16-17(2)27-19(23-16)15-22-20(21-3)25-11-9-24(10-12-25)13-14-26-18-7-5-4-6-8-18;/h4-8H,9-15H2,1-3H3,(H,21,22);1H. The molecule has 0 aliphatic carbocycles. The van der Waals surface area contributed by atoms with E-state index in [0.29, 0.717) is 0 Å². The molecule has 8 heteroatoms. The number of aryl methyl sites for hydroxylation is 2. The molecular formula is C20H30IN5OS. The molecule has 6 nitrogen and oxygen atoms in total. The first-order valence-corrected chi connectivity index (χ1v) is 10.3. The van der Waals surface area contributed by atoms with Gasteiger partial charge in [-0.05, 0) is 26.0 Å². The van der Waals surface area contributed by atoms with Crippen molar-refractivity contribution >= 4 is 41.3 Å². The Labute approximate surface area is 189 Å². The van der Waals surface area contributed by atoms with Gasteiger partial charge in [-0.15, -0.1) is 35.3 Å². The van der Waals surface area contributed by atoms with Crippen LogP contribution < -0.4 is 10.1 Å². The topological polar surface area (TPSA) is 53.0 Å². The maximum atomic E-state index is 5.81. The number of ether oxygens (including phenoxy) is 1. The van der Waals surface area contributed by atoms with Crippen molar-refractivity contribution in [1.82, 2.24) is 20.1 Å². The summed E-state index contributed by atoms with van der Waals surface area (Å²) < 4.78 is 5.81. The maximum absolute atomic E-state index is 5.81. The van der Waals surface area contributed by atoms with E-state index in [1.807, 2.05) is 37.4 Å². The van der Waals surface area contributed by atoms with Crippen LogP contribution in [0.2, 0.25) is 0 Å². The molecule has 1 fully saturated rings. The van der Waals surface area contributed by atoms with E-state index in [9.17, 15) is 0 Å². The average molecular weight is 515 g/mol. The molecule has 0 saturated carbocycles. The van der Waals surface area contributed by atoms with Crippen LogP contribution in [-0.4, -0.2) is 67.1 Å². The number of halogens is 1. The Hall–Kier alpha value is -1.39. The molecule has 0 unspecified atom stereocenters. The fourth-order valence-electron chi connectivity index (χ4n) is 3.09. The van der Waals surface area contributed by atoms with Crippen molar-refractivity contribution < 1.29 is 4.74 Å². The van der Waals surface area contributed by atoms with Gasteiger partial charge in [0.25, 0.3) is 0 Å². The first-order valence-electron chi connectivity index (χ1n) is 9.44. The number of aliphatic imine (C=N–C) groups is 1. The van der Waals surface area contributed by atoms with E-state index < -0.39 is 0 Å². The first-order chi connectivity index (χ1) is 13.2. The second kappa shape index (κ2) is 11.6. The van der Waals surface area contributed by atoms with Gasteiger partial charge in [-0.3, -0.25) is 9.89 Å². The maximum Gasteiger partial charge on any atom is 0.194 e. The number of nitrogens with zero attached hydrogens (tertiary/aromatic N) is 4. The van der Waals surface area contributed by atoms with Crippen molar-refractivity contribution in [1.29, 1.82) is 0 Å². The van der Waals surface area contributed by atoms with E-state index in [4.69, 9.17) is 4.74 Å². The van der Waals surface area contributed by atoms with Crippen LogP contribution in [0.4, 0.5) is 0 Å². The Morgan fingerprint density at radius 1 is 1.18 bits per heavy atom. The Morgan fingerprint density at radius 2 is 1.89 bits per heavy atom. The van der Waals surface area contributed by atoms with E-state index in [1.54, 1.807) is 11.3 Å². The molecule has 1 aromatic heterocycles. The Balaban J connectivity index is 0.00000280. The number of nitrogens with one attached hydrogen (secondary N) is 1. The Morgan fingerprint density at radius 3 is 2.50 bits per heavy atom. The highest BCUT2D eigenvalue weighted by Gasteiger charge is 2.19. The molecule has 1 saturated heterocycles. The van der Waals surface area contributed by atoms with E-state index in [0.717, 1.165) is 68.3 Å². The molecule has 0 amide bonds. The number of thiazole rings is 1. The molecule has 1 aliphatic rings. The van der Waals surface area contributed by atoms with Crippen molar-refractivity contribution in [3.63, 3.8) is 0 Å². The van der Waals surface area contributed by atoms with E-state index in [2.05, 4.69) is 38.9 Å². The van der Waals surface area contributed by atoms with Gasteiger partial charge < -0.3 is 15.0 Å². The highest BCUT2D eigenvalue weighted by Crippen LogP contribution is 2.16. The molecule has 3 rings (SSSR count). The van der Waals surface area contributed by atoms with Crippen LogP contribution in [0.5, 0.6) is 5.75 Å². The third-order valence-electron chi connectivity index (χ3n) is 4.77. The summed E-state index contributed by atoms with van der Waals surface area (Å²) in [5.74, 6) is 1.90. The van der Waals surface area contributed by atoms with Gasteiger partial charge in [0.2, 0.25) is 0 Å². The number of aromatic nitrogens is 1. The lowest BCUT2D eigenvalue weighted by Crippen LogP contribution is -2.52. The van der Waals surface area contributed by atoms with Crippen molar-refractivity contribution in [2.75, 3.05) is 46.4 Å². The molecule has 28 heavy (non-hydrogen) atoms. The Bertz CT molecular complexity index is 725. The highest BCUT2D eigenvalue weighted by molar-refractivity contribution is 14.0. The van der Waals surface area contributed by atoms with Crippen LogP contribution in [0, 0.1) is 13.8 Å². The minimum absolute atomic E-state index is 0. The van der Waals surface area contributed by atoms with Crippen molar-refractivity contribution in [2.45, 2.75) is 20.4 Å². The van der Waals surface area contributed by atoms with Gasteiger partial charge >= 0.3 is 0 Å². The first kappa shape index (κ1) is 22.9. The fourth-order valence-corrected chi connectivity index (χ4v) is 3.97. The molecule has 0 radical (unpaired) electrons. The van der Waals surface area contributed by atoms with Crippen molar-refractivity contribution in [2.24, 2.45) is 4.99 Å². The largest absolute Gasteiger partial charge is 0.492 e. The summed E-state index contributed by atoms with van der Waals surface area (Å²) in [6.07, 6.45) is 0. The number of para-hydroxylation sites is 1. The Kier molecular flexibility index (Phi) is 9.46. The fraction of sp³-hybridized carbons (Fsp3) is 0.500. The second-order valence-electron chi connectivity index (χ2n) is 6.64. The second-order valence-corrected chi connectivity index (χ2v) is 7.93. The third kappa shape index (κ3) is 6.59. The average Bonchev–Trinajstić information content (AvgIpc) is 3.02. The van der Waals surface area contributed by atoms with Gasteiger partial charge in [-0.2, -0.15) is 0 Å². The summed E-state index contributed by atoms with van der Waals surface area (Å²) in [5.41, 5.74) is 1.12. The normalized spacial score (nSPS) is 15.2. The SMILES string of the molecule is CN=C(NCc1nc(C)c(C)s1)N1CCN(CCOc2ccccc2)CC1.I. The highest BCUT2D eigenvalue weighted by atomic mass is 127. The van der Waals surface area contributed by atoms with Gasteiger partial charge in [-0.1, -0.05) is 18.2 Å². The number of guanidine groups is 1. The third-order valence-corrected chi connectivity index (χ3v) is 5.85. The summed E-state index contributed by atoms with van der Waals surface area (Å²) in [4.78, 5) is 15.1. The molecule has 1 N–H and O–H groups in total. The summed E-state index contributed by atoms with van der Waals surface area (Å²) in [5, 5.41) is 4.57. The summed E-state index contributed by atoms with van der Waals surface area (Å²) in [6.45, 7) is 10.6. The van der Waals surface area contributed by atoms with Crippen LogP contribution >= 0.6 is 35.3 Å². The lowest BCUT2D eigenvalue weighted by atomic mass is 10.3. The van der Waals surface area contributed by atoms with Crippen LogP contribution in [0.3, 0.4) is 0 Å². The van der Waals surface area contributed by atoms with Crippen LogP contribution in [0.25, 0.3) is 0 Å². The smallest absolute Gasteiger partial charge is 0.194 e. The predicted molar refractivity (Wildman–Crippen MR) is 127 cm³/mol. The quantitative estimate of drug-likeness (QED) is 0.364. The molecule has 0 atom stereocenters. The summed E-state index contributed by atoms with van der Waals surface area (Å²) in [6, 6.07) is 10.0. The molecule has 1 aliphatic heterocycles. The van der Waals surface area contributed by atoms with Crippen molar-refractivity contribution in [3.8, 4) is 5.75 Å². The molecule has 0 spiro atoms. The van der Waals surface area contributed by atoms with E-state index in [1.165, 1.54) is 4.88 Å². The number of benzene rings is 1. The minimum Gasteiger partial charge on any atom is -0.492 e. The lowest BCUT2D eigenvalue weighted by molar-refractivity contribution is 0.152. The van der Waals surface area contributed by atoms with Crippen LogP contribution in [0.1, 0.15) is 15.6 Å². The molecule has 0 bridgehead atoms. The minimum atomic E-state index is 0. The van der Waals surface area contributed by atoms with E-state index in [-0.39, 0.29) is 24.0 Å². The zero-order valence-electron chi connectivity index (χ0n) is 16.9. The molecule has 2 heterocycles. The van der Waals surface area contributed by atoms with Gasteiger partial charge in [-0.25, -0.2) is 4.98 Å². The van der Waals surface area contributed by atoms with Gasteiger partial charge in [0.15, 0.2) is 5.96 Å². The van der Waals surface area contributed by atoms with Crippen LogP contribution in [0.15, 0.2) is 35.3 Å². The molecule has 2 aromatic rings. The van der Waals surface area contributed by atoms with Gasteiger partial charge in [0.05, 0.1) is 12.2 Å². The van der Waals surface area contributed by atoms with Crippen LogP contribution in [-0.2, 0) is 6.54 Å². The lowest BCUT2D eigenvalue weighted by Gasteiger charge is -2.36. The van der Waals surface area contributed by atoms with Gasteiger partial charge in [0.1, 0.15) is 17.4 Å². The zero-order valence-corrected chi connectivity index (χ0v) is 20.0.